The Bertz CT molecular complexity index is 1400. The molecule has 1 amide bonds. The van der Waals surface area contributed by atoms with Crippen LogP contribution in [0.4, 0.5) is 0 Å². The quantitative estimate of drug-likeness (QED) is 0.388. The summed E-state index contributed by atoms with van der Waals surface area (Å²) in [5, 5.41) is 14.3. The summed E-state index contributed by atoms with van der Waals surface area (Å²) in [6.07, 6.45) is 6.86. The molecule has 7 heteroatoms. The summed E-state index contributed by atoms with van der Waals surface area (Å²) in [7, 11) is 1.61. The number of pyridine rings is 1. The number of carbonyl (C=O) groups excluding carboxylic acids is 1. The van der Waals surface area contributed by atoms with Gasteiger partial charge in [-0.3, -0.25) is 9.78 Å². The van der Waals surface area contributed by atoms with Gasteiger partial charge in [-0.25, -0.2) is 0 Å². The smallest absolute Gasteiger partial charge is 0.252 e. The molecule has 0 saturated carbocycles. The summed E-state index contributed by atoms with van der Waals surface area (Å²) in [6, 6.07) is 15.5. The lowest BCUT2D eigenvalue weighted by atomic mass is 9.89. The maximum atomic E-state index is 12.8. The molecule has 3 heterocycles. The number of carbonyl (C=O) groups is 1. The molecule has 1 saturated heterocycles. The Kier molecular flexibility index (Phi) is 6.64. The highest BCUT2D eigenvalue weighted by Gasteiger charge is 2.23. The Balaban J connectivity index is 1.12. The van der Waals surface area contributed by atoms with Crippen molar-refractivity contribution < 1.29 is 9.53 Å². The van der Waals surface area contributed by atoms with Crippen molar-refractivity contribution in [3.05, 3.63) is 71.5 Å². The molecule has 0 spiro atoms. The van der Waals surface area contributed by atoms with Gasteiger partial charge in [0.2, 0.25) is 0 Å². The van der Waals surface area contributed by atoms with Gasteiger partial charge in [-0.05, 0) is 80.7 Å². The monoisotopic (exact) mass is 467 g/mol. The second kappa shape index (κ2) is 10.2. The van der Waals surface area contributed by atoms with E-state index < -0.39 is 0 Å². The molecular weight excluding hydrogens is 438 g/mol. The van der Waals surface area contributed by atoms with Crippen LogP contribution < -0.4 is 10.1 Å². The Hall–Kier alpha value is -3.89. The molecule has 0 radical (unpaired) electrons. The SMILES string of the molecule is COc1cccc2c(C(=O)NCCCN3CCC(c4c[nH]c5ccc(C#N)cc45)CC3)ccnc12. The Morgan fingerprint density at radius 1 is 1.23 bits per heavy atom. The highest BCUT2D eigenvalue weighted by atomic mass is 16.5. The highest BCUT2D eigenvalue weighted by Crippen LogP contribution is 2.33. The first-order valence-corrected chi connectivity index (χ1v) is 12.1. The minimum atomic E-state index is -0.0829. The van der Waals surface area contributed by atoms with Crippen LogP contribution in [0.25, 0.3) is 21.8 Å². The van der Waals surface area contributed by atoms with E-state index in [4.69, 9.17) is 4.74 Å². The fourth-order valence-electron chi connectivity index (χ4n) is 5.13. The molecule has 2 N–H and O–H groups in total. The number of hydrogen-bond donors (Lipinski definition) is 2. The molecule has 178 valence electrons. The fraction of sp³-hybridized carbons (Fsp3) is 0.321. The van der Waals surface area contributed by atoms with Crippen molar-refractivity contribution in [2.75, 3.05) is 33.3 Å². The van der Waals surface area contributed by atoms with Crippen molar-refractivity contribution >= 4 is 27.7 Å². The van der Waals surface area contributed by atoms with Crippen LogP contribution >= 0.6 is 0 Å². The van der Waals surface area contributed by atoms with Crippen LogP contribution in [0.2, 0.25) is 0 Å². The van der Waals surface area contributed by atoms with Gasteiger partial charge in [0.05, 0.1) is 24.3 Å². The average Bonchev–Trinajstić information content (AvgIpc) is 3.33. The zero-order chi connectivity index (χ0) is 24.2. The van der Waals surface area contributed by atoms with Gasteiger partial charge in [0, 0.05) is 35.2 Å². The topological polar surface area (TPSA) is 94.0 Å². The lowest BCUT2D eigenvalue weighted by Gasteiger charge is -2.32. The number of amides is 1. The van der Waals surface area contributed by atoms with Crippen molar-refractivity contribution in [2.24, 2.45) is 0 Å². The zero-order valence-electron chi connectivity index (χ0n) is 19.9. The normalized spacial score (nSPS) is 14.7. The fourth-order valence-corrected chi connectivity index (χ4v) is 5.13. The first-order chi connectivity index (χ1) is 17.2. The Labute approximate surface area is 204 Å². The van der Waals surface area contributed by atoms with Crippen LogP contribution in [0, 0.1) is 11.3 Å². The van der Waals surface area contributed by atoms with Crippen molar-refractivity contribution in [3.8, 4) is 11.8 Å². The minimum absolute atomic E-state index is 0.0829. The summed E-state index contributed by atoms with van der Waals surface area (Å²) < 4.78 is 5.38. The maximum absolute atomic E-state index is 12.8. The van der Waals surface area contributed by atoms with E-state index in [1.54, 1.807) is 19.4 Å². The predicted octanol–water partition coefficient (Wildman–Crippen LogP) is 4.60. The number of ether oxygens (including phenoxy) is 1. The van der Waals surface area contributed by atoms with Gasteiger partial charge in [-0.1, -0.05) is 12.1 Å². The van der Waals surface area contributed by atoms with E-state index in [-0.39, 0.29) is 5.91 Å². The summed E-state index contributed by atoms with van der Waals surface area (Å²) in [6.45, 7) is 3.67. The third-order valence-corrected chi connectivity index (χ3v) is 7.01. The molecular formula is C28H29N5O2. The van der Waals surface area contributed by atoms with Gasteiger partial charge in [0.1, 0.15) is 11.3 Å². The van der Waals surface area contributed by atoms with Crippen LogP contribution in [0.1, 0.15) is 46.7 Å². The molecule has 0 atom stereocenters. The molecule has 2 aromatic carbocycles. The third kappa shape index (κ3) is 4.71. The number of hydrogen-bond acceptors (Lipinski definition) is 5. The number of likely N-dealkylation sites (tertiary alicyclic amines) is 1. The predicted molar refractivity (Wildman–Crippen MR) is 137 cm³/mol. The van der Waals surface area contributed by atoms with Gasteiger partial charge in [0.15, 0.2) is 0 Å². The molecule has 2 aromatic heterocycles. The second-order valence-electron chi connectivity index (χ2n) is 9.06. The number of fused-ring (bicyclic) bond motifs is 2. The molecule has 1 aliphatic heterocycles. The van der Waals surface area contributed by atoms with Crippen molar-refractivity contribution in [1.29, 1.82) is 5.26 Å². The average molecular weight is 468 g/mol. The van der Waals surface area contributed by atoms with Crippen LogP contribution in [0.15, 0.2) is 54.9 Å². The largest absolute Gasteiger partial charge is 0.494 e. The first-order valence-electron chi connectivity index (χ1n) is 12.1. The standard InChI is InChI=1S/C28H29N5O2/c1-35-26-5-2-4-21-22(8-12-30-27(21)26)28(34)31-11-3-13-33-14-9-20(10-15-33)24-18-32-25-7-6-19(17-29)16-23(24)25/h2,4-8,12,16,18,20,32H,3,9-11,13-15H2,1H3,(H,31,34). The number of aromatic nitrogens is 2. The number of methoxy groups -OCH3 is 1. The number of piperidine rings is 1. The van der Waals surface area contributed by atoms with Crippen LogP contribution in [-0.4, -0.2) is 54.1 Å². The van der Waals surface area contributed by atoms with E-state index in [0.29, 0.717) is 34.9 Å². The number of rotatable bonds is 7. The van der Waals surface area contributed by atoms with E-state index >= 15 is 0 Å². The number of nitrogens with zero attached hydrogens (tertiary/aromatic N) is 3. The Morgan fingerprint density at radius 3 is 2.89 bits per heavy atom. The van der Waals surface area contributed by atoms with Crippen LogP contribution in [0.3, 0.4) is 0 Å². The van der Waals surface area contributed by atoms with Crippen LogP contribution in [-0.2, 0) is 0 Å². The number of benzene rings is 2. The van der Waals surface area contributed by atoms with E-state index in [0.717, 1.165) is 49.8 Å². The van der Waals surface area contributed by atoms with Gasteiger partial charge in [0.25, 0.3) is 5.91 Å². The minimum Gasteiger partial charge on any atom is -0.494 e. The van der Waals surface area contributed by atoms with Gasteiger partial charge in [-0.15, -0.1) is 0 Å². The molecule has 1 aliphatic rings. The molecule has 7 nitrogen and oxygen atoms in total. The highest BCUT2D eigenvalue weighted by molar-refractivity contribution is 6.07. The summed E-state index contributed by atoms with van der Waals surface area (Å²) in [5.41, 5.74) is 4.44. The zero-order valence-corrected chi connectivity index (χ0v) is 19.9. The molecule has 0 unspecified atom stereocenters. The molecule has 35 heavy (non-hydrogen) atoms. The summed E-state index contributed by atoms with van der Waals surface area (Å²) in [5.74, 6) is 1.09. The van der Waals surface area contributed by atoms with E-state index in [1.165, 1.54) is 10.9 Å². The third-order valence-electron chi connectivity index (χ3n) is 7.01. The van der Waals surface area contributed by atoms with Gasteiger partial charge in [-0.2, -0.15) is 5.26 Å². The summed E-state index contributed by atoms with van der Waals surface area (Å²) >= 11 is 0. The summed E-state index contributed by atoms with van der Waals surface area (Å²) in [4.78, 5) is 23.0. The van der Waals surface area contributed by atoms with Crippen molar-refractivity contribution in [3.63, 3.8) is 0 Å². The van der Waals surface area contributed by atoms with E-state index in [9.17, 15) is 10.1 Å². The number of aromatic amines is 1. The Morgan fingerprint density at radius 2 is 2.09 bits per heavy atom. The van der Waals surface area contributed by atoms with Gasteiger partial charge >= 0.3 is 0 Å². The lowest BCUT2D eigenvalue weighted by Crippen LogP contribution is -2.35. The number of nitriles is 1. The number of nitrogens with one attached hydrogen (secondary N) is 2. The second-order valence-corrected chi connectivity index (χ2v) is 9.06. The molecule has 0 bridgehead atoms. The number of H-pyrrole nitrogens is 1. The van der Waals surface area contributed by atoms with Gasteiger partial charge < -0.3 is 19.9 Å². The van der Waals surface area contributed by atoms with Crippen LogP contribution in [0.5, 0.6) is 5.75 Å². The molecule has 4 aromatic rings. The lowest BCUT2D eigenvalue weighted by molar-refractivity contribution is 0.0952. The molecule has 1 fully saturated rings. The van der Waals surface area contributed by atoms with E-state index in [1.807, 2.05) is 36.4 Å². The number of para-hydroxylation sites is 1. The molecule has 0 aliphatic carbocycles. The maximum Gasteiger partial charge on any atom is 0.252 e. The van der Waals surface area contributed by atoms with Crippen molar-refractivity contribution in [2.45, 2.75) is 25.2 Å². The molecule has 5 rings (SSSR count). The first kappa shape index (κ1) is 22.9. The van der Waals surface area contributed by atoms with E-state index in [2.05, 4.69) is 32.5 Å². The van der Waals surface area contributed by atoms with Crippen molar-refractivity contribution in [1.82, 2.24) is 20.2 Å².